The molecule has 1 aliphatic rings. The smallest absolute Gasteiger partial charge is 0.373 e. The number of halogens is 2. The molecular formula is C14H11F2NO7S. The van der Waals surface area contributed by atoms with E-state index >= 15 is 0 Å². The normalized spacial score (nSPS) is 14.9. The molecule has 1 N–H and O–H groups in total. The highest BCUT2D eigenvalue weighted by molar-refractivity contribution is 7.86. The third-order valence-corrected chi connectivity index (χ3v) is 4.13. The van der Waals surface area contributed by atoms with Crippen molar-refractivity contribution in [2.45, 2.75) is 11.7 Å². The molecule has 2 rings (SSSR count). The van der Waals surface area contributed by atoms with Crippen molar-refractivity contribution in [3.8, 4) is 0 Å². The highest BCUT2D eigenvalue weighted by Gasteiger charge is 2.43. The zero-order valence-corrected chi connectivity index (χ0v) is 13.2. The first-order valence-electron chi connectivity index (χ1n) is 6.71. The predicted molar refractivity (Wildman–Crippen MR) is 79.5 cm³/mol. The summed E-state index contributed by atoms with van der Waals surface area (Å²) in [4.78, 5) is 35.6. The molecule has 1 heterocycles. The zero-order chi connectivity index (χ0) is 18.8. The SMILES string of the molecule is O=C(OCCC(F)(F)S(=O)(=O)O)c1ccc(N2C(=O)C=CC2=O)cc1. The van der Waals surface area contributed by atoms with E-state index in [9.17, 15) is 31.6 Å². The maximum Gasteiger partial charge on any atom is 0.373 e. The Bertz CT molecular complexity index is 828. The van der Waals surface area contributed by atoms with E-state index in [0.717, 1.165) is 17.1 Å². The van der Waals surface area contributed by atoms with Crippen LogP contribution < -0.4 is 4.90 Å². The van der Waals surface area contributed by atoms with Gasteiger partial charge in [-0.05, 0) is 24.3 Å². The summed E-state index contributed by atoms with van der Waals surface area (Å²) >= 11 is 0. The maximum atomic E-state index is 13.0. The minimum atomic E-state index is -5.59. The molecule has 0 bridgehead atoms. The third-order valence-electron chi connectivity index (χ3n) is 3.17. The van der Waals surface area contributed by atoms with Crippen molar-refractivity contribution in [1.29, 1.82) is 0 Å². The molecule has 1 aromatic carbocycles. The molecule has 0 aromatic heterocycles. The number of carbonyl (C=O) groups excluding carboxylic acids is 3. The Hall–Kier alpha value is -2.66. The first-order chi connectivity index (χ1) is 11.5. The second-order valence-corrected chi connectivity index (χ2v) is 6.44. The Labute approximate surface area is 140 Å². The summed E-state index contributed by atoms with van der Waals surface area (Å²) in [5.41, 5.74) is 0.139. The van der Waals surface area contributed by atoms with Gasteiger partial charge in [-0.1, -0.05) is 0 Å². The van der Waals surface area contributed by atoms with Crippen molar-refractivity contribution >= 4 is 33.6 Å². The predicted octanol–water partition coefficient (Wildman–Crippen LogP) is 1.14. The largest absolute Gasteiger partial charge is 0.462 e. The van der Waals surface area contributed by atoms with Crippen LogP contribution >= 0.6 is 0 Å². The van der Waals surface area contributed by atoms with Gasteiger partial charge in [-0.25, -0.2) is 9.69 Å². The minimum Gasteiger partial charge on any atom is -0.462 e. The monoisotopic (exact) mass is 375 g/mol. The number of carbonyl (C=O) groups is 3. The lowest BCUT2D eigenvalue weighted by molar-refractivity contribution is -0.119. The summed E-state index contributed by atoms with van der Waals surface area (Å²) in [5, 5.41) is -4.43. The topological polar surface area (TPSA) is 118 Å². The number of esters is 1. The van der Waals surface area contributed by atoms with Crippen LogP contribution in [-0.4, -0.2) is 42.6 Å². The lowest BCUT2D eigenvalue weighted by Crippen LogP contribution is -2.30. The van der Waals surface area contributed by atoms with E-state index in [1.54, 1.807) is 0 Å². The number of nitrogens with zero attached hydrogens (tertiary/aromatic N) is 1. The average Bonchev–Trinajstić information content (AvgIpc) is 2.85. The molecule has 0 atom stereocenters. The van der Waals surface area contributed by atoms with Crippen LogP contribution in [0.25, 0.3) is 0 Å². The molecule has 25 heavy (non-hydrogen) atoms. The summed E-state index contributed by atoms with van der Waals surface area (Å²) in [5.74, 6) is -2.12. The fourth-order valence-corrected chi connectivity index (χ4v) is 2.22. The van der Waals surface area contributed by atoms with Crippen LogP contribution in [-0.2, 0) is 24.4 Å². The molecule has 1 aromatic rings. The number of hydrogen-bond acceptors (Lipinski definition) is 6. The molecule has 134 valence electrons. The first-order valence-corrected chi connectivity index (χ1v) is 8.15. The summed E-state index contributed by atoms with van der Waals surface area (Å²) < 4.78 is 59.6. The molecule has 0 aliphatic carbocycles. The second kappa shape index (κ2) is 6.69. The van der Waals surface area contributed by atoms with Crippen LogP contribution in [0.5, 0.6) is 0 Å². The molecular weight excluding hydrogens is 364 g/mol. The van der Waals surface area contributed by atoms with E-state index in [-0.39, 0.29) is 11.3 Å². The van der Waals surface area contributed by atoms with Crippen LogP contribution in [0.15, 0.2) is 36.4 Å². The van der Waals surface area contributed by atoms with Crippen LogP contribution in [0.2, 0.25) is 0 Å². The molecule has 8 nitrogen and oxygen atoms in total. The third kappa shape index (κ3) is 4.06. The quantitative estimate of drug-likeness (QED) is 0.450. The van der Waals surface area contributed by atoms with Gasteiger partial charge in [0.1, 0.15) is 0 Å². The van der Waals surface area contributed by atoms with Crippen molar-refractivity contribution in [3.63, 3.8) is 0 Å². The van der Waals surface area contributed by atoms with Crippen molar-refractivity contribution in [2.75, 3.05) is 11.5 Å². The lowest BCUT2D eigenvalue weighted by atomic mass is 10.2. The van der Waals surface area contributed by atoms with E-state index in [1.165, 1.54) is 24.3 Å². The standard InChI is InChI=1S/C14H11F2NO7S/c15-14(16,25(21,22)23)7-8-24-13(20)9-1-3-10(4-2-9)17-11(18)5-6-12(17)19/h1-6H,7-8H2,(H,21,22,23). The van der Waals surface area contributed by atoms with Gasteiger partial charge >= 0.3 is 21.3 Å². The van der Waals surface area contributed by atoms with Gasteiger partial charge in [0, 0.05) is 12.2 Å². The average molecular weight is 375 g/mol. The van der Waals surface area contributed by atoms with E-state index in [0.29, 0.717) is 0 Å². The Morgan fingerprint density at radius 1 is 1.12 bits per heavy atom. The van der Waals surface area contributed by atoms with Gasteiger partial charge in [0.05, 0.1) is 24.3 Å². The van der Waals surface area contributed by atoms with Crippen molar-refractivity contribution in [1.82, 2.24) is 0 Å². The summed E-state index contributed by atoms with van der Waals surface area (Å²) in [7, 11) is -5.59. The van der Waals surface area contributed by atoms with Crippen LogP contribution in [0.1, 0.15) is 16.8 Å². The molecule has 11 heteroatoms. The number of ether oxygens (including phenoxy) is 1. The van der Waals surface area contributed by atoms with Gasteiger partial charge in [-0.2, -0.15) is 17.2 Å². The van der Waals surface area contributed by atoms with Crippen LogP contribution in [0.3, 0.4) is 0 Å². The molecule has 0 saturated heterocycles. The molecule has 0 fully saturated rings. The second-order valence-electron chi connectivity index (χ2n) is 4.89. The Morgan fingerprint density at radius 3 is 2.12 bits per heavy atom. The fraction of sp³-hybridized carbons (Fsp3) is 0.214. The molecule has 0 saturated carbocycles. The molecule has 0 radical (unpaired) electrons. The number of benzene rings is 1. The molecule has 2 amide bonds. The van der Waals surface area contributed by atoms with E-state index in [2.05, 4.69) is 4.74 Å². The summed E-state index contributed by atoms with van der Waals surface area (Å²) in [6, 6.07) is 4.98. The van der Waals surface area contributed by atoms with Gasteiger partial charge in [-0.3, -0.25) is 14.1 Å². The molecule has 1 aliphatic heterocycles. The van der Waals surface area contributed by atoms with Gasteiger partial charge < -0.3 is 4.74 Å². The van der Waals surface area contributed by atoms with Gasteiger partial charge in [-0.15, -0.1) is 0 Å². The number of anilines is 1. The van der Waals surface area contributed by atoms with Crippen molar-refractivity contribution < 1.29 is 40.9 Å². The van der Waals surface area contributed by atoms with Crippen LogP contribution in [0, 0.1) is 0 Å². The van der Waals surface area contributed by atoms with Gasteiger partial charge in [0.25, 0.3) is 11.8 Å². The van der Waals surface area contributed by atoms with Crippen molar-refractivity contribution in [3.05, 3.63) is 42.0 Å². The highest BCUT2D eigenvalue weighted by Crippen LogP contribution is 2.25. The summed E-state index contributed by atoms with van der Waals surface area (Å²) in [6.45, 7) is -0.944. The zero-order valence-electron chi connectivity index (χ0n) is 12.4. The van der Waals surface area contributed by atoms with Gasteiger partial charge in [0.2, 0.25) is 0 Å². The molecule has 0 unspecified atom stereocenters. The fourth-order valence-electron chi connectivity index (χ4n) is 1.88. The molecule has 0 spiro atoms. The number of hydrogen-bond donors (Lipinski definition) is 1. The van der Waals surface area contributed by atoms with Crippen LogP contribution in [0.4, 0.5) is 14.5 Å². The lowest BCUT2D eigenvalue weighted by Gasteiger charge is -2.14. The minimum absolute atomic E-state index is 0.0639. The number of amides is 2. The number of rotatable bonds is 6. The maximum absolute atomic E-state index is 13.0. The van der Waals surface area contributed by atoms with E-state index in [1.807, 2.05) is 0 Å². The van der Waals surface area contributed by atoms with Crippen molar-refractivity contribution in [2.24, 2.45) is 0 Å². The summed E-state index contributed by atoms with van der Waals surface area (Å²) in [6.07, 6.45) is 0.762. The Balaban J connectivity index is 1.97. The highest BCUT2D eigenvalue weighted by atomic mass is 32.2. The van der Waals surface area contributed by atoms with E-state index < -0.39 is 46.2 Å². The first kappa shape index (κ1) is 18.7. The Morgan fingerprint density at radius 2 is 1.64 bits per heavy atom. The Kier molecular flexibility index (Phi) is 4.99. The van der Waals surface area contributed by atoms with Gasteiger partial charge in [0.15, 0.2) is 0 Å². The van der Waals surface area contributed by atoms with E-state index in [4.69, 9.17) is 4.55 Å². The number of imide groups is 1. The number of alkyl halides is 2.